The van der Waals surface area contributed by atoms with Crippen molar-refractivity contribution in [1.82, 2.24) is 4.72 Å². The molecule has 1 aromatic carbocycles. The highest BCUT2D eigenvalue weighted by Crippen LogP contribution is 2.23. The highest BCUT2D eigenvalue weighted by atomic mass is 32.2. The molecule has 1 aromatic rings. The zero-order valence-corrected chi connectivity index (χ0v) is 11.3. The van der Waals surface area contributed by atoms with Gasteiger partial charge in [0.1, 0.15) is 5.56 Å². The first-order valence-electron chi connectivity index (χ1n) is 5.41. The van der Waals surface area contributed by atoms with Gasteiger partial charge < -0.3 is 10.4 Å². The van der Waals surface area contributed by atoms with E-state index in [0.717, 1.165) is 18.4 Å². The summed E-state index contributed by atoms with van der Waals surface area (Å²) in [5, 5.41) is 22.3. The number of hydrogen-bond donors (Lipinski definition) is 3. The van der Waals surface area contributed by atoms with Crippen LogP contribution < -0.4 is 10.0 Å². The molecule has 0 unspecified atom stereocenters. The summed E-state index contributed by atoms with van der Waals surface area (Å²) < 4.78 is 23.9. The second-order valence-corrected chi connectivity index (χ2v) is 5.72. The van der Waals surface area contributed by atoms with E-state index in [0.29, 0.717) is 5.69 Å². The first kappa shape index (κ1) is 15.9. The van der Waals surface area contributed by atoms with Gasteiger partial charge in [-0.15, -0.1) is 0 Å². The molecule has 0 aliphatic heterocycles. The molecule has 20 heavy (non-hydrogen) atoms. The Balaban J connectivity index is 2.75. The molecule has 0 spiro atoms. The molecule has 110 valence electrons. The molecule has 0 aliphatic rings. The molecule has 0 fully saturated rings. The van der Waals surface area contributed by atoms with Crippen LogP contribution in [0.4, 0.5) is 11.4 Å². The lowest BCUT2D eigenvalue weighted by Gasteiger charge is -2.07. The summed E-state index contributed by atoms with van der Waals surface area (Å²) in [7, 11) is -3.29. The van der Waals surface area contributed by atoms with E-state index in [1.54, 1.807) is 0 Å². The normalized spacial score (nSPS) is 11.1. The van der Waals surface area contributed by atoms with Crippen LogP contribution in [0.25, 0.3) is 0 Å². The lowest BCUT2D eigenvalue weighted by Crippen LogP contribution is -2.27. The van der Waals surface area contributed by atoms with Gasteiger partial charge in [0.05, 0.1) is 11.2 Å². The van der Waals surface area contributed by atoms with E-state index in [1.165, 1.54) is 6.07 Å². The summed E-state index contributed by atoms with van der Waals surface area (Å²) in [5.74, 6) is -1.39. The van der Waals surface area contributed by atoms with E-state index in [2.05, 4.69) is 10.0 Å². The first-order valence-corrected chi connectivity index (χ1v) is 7.30. The molecule has 0 heterocycles. The summed E-state index contributed by atoms with van der Waals surface area (Å²) >= 11 is 0. The molecule has 10 heteroatoms. The van der Waals surface area contributed by atoms with Crippen LogP contribution in [0.1, 0.15) is 10.4 Å². The Kier molecular flexibility index (Phi) is 5.00. The highest BCUT2D eigenvalue weighted by molar-refractivity contribution is 7.88. The van der Waals surface area contributed by atoms with Crippen LogP contribution in [-0.2, 0) is 10.0 Å². The van der Waals surface area contributed by atoms with Crippen molar-refractivity contribution < 1.29 is 23.2 Å². The number of benzene rings is 1. The van der Waals surface area contributed by atoms with Gasteiger partial charge in [0, 0.05) is 24.8 Å². The molecule has 0 amide bonds. The van der Waals surface area contributed by atoms with Gasteiger partial charge in [-0.3, -0.25) is 10.1 Å². The number of sulfonamides is 1. The van der Waals surface area contributed by atoms with E-state index >= 15 is 0 Å². The number of anilines is 1. The summed E-state index contributed by atoms with van der Waals surface area (Å²) in [4.78, 5) is 20.8. The summed E-state index contributed by atoms with van der Waals surface area (Å²) in [6.45, 7) is 0.309. The third kappa shape index (κ3) is 4.82. The van der Waals surface area contributed by atoms with Crippen LogP contribution in [-0.4, -0.2) is 43.8 Å². The Hall–Kier alpha value is -2.20. The maximum Gasteiger partial charge on any atom is 0.342 e. The zero-order chi connectivity index (χ0) is 15.3. The van der Waals surface area contributed by atoms with Gasteiger partial charge in [-0.2, -0.15) is 0 Å². The molecule has 3 N–H and O–H groups in total. The summed E-state index contributed by atoms with van der Waals surface area (Å²) in [6, 6.07) is 3.58. The van der Waals surface area contributed by atoms with Crippen LogP contribution in [0.3, 0.4) is 0 Å². The van der Waals surface area contributed by atoms with Gasteiger partial charge in [-0.05, 0) is 12.1 Å². The Morgan fingerprint density at radius 3 is 2.55 bits per heavy atom. The summed E-state index contributed by atoms with van der Waals surface area (Å²) in [5.41, 5.74) is -0.606. The molecule has 9 nitrogen and oxygen atoms in total. The fourth-order valence-corrected chi connectivity index (χ4v) is 1.89. The van der Waals surface area contributed by atoms with Gasteiger partial charge in [0.15, 0.2) is 0 Å². The number of rotatable bonds is 7. The number of carbonyl (C=O) groups is 1. The molecular weight excluding hydrogens is 290 g/mol. The van der Waals surface area contributed by atoms with Crippen LogP contribution >= 0.6 is 0 Å². The van der Waals surface area contributed by atoms with Crippen LogP contribution in [0, 0.1) is 10.1 Å². The maximum atomic E-state index is 10.8. The molecule has 0 atom stereocenters. The SMILES string of the molecule is CS(=O)(=O)NCCNc1ccc(C(=O)O)c([N+](=O)[O-])c1. The van der Waals surface area contributed by atoms with Gasteiger partial charge in [0.25, 0.3) is 5.69 Å². The smallest absolute Gasteiger partial charge is 0.342 e. The van der Waals surface area contributed by atoms with E-state index in [-0.39, 0.29) is 13.1 Å². The van der Waals surface area contributed by atoms with E-state index in [9.17, 15) is 23.3 Å². The third-order valence-electron chi connectivity index (χ3n) is 2.24. The molecule has 0 bridgehead atoms. The fourth-order valence-electron chi connectivity index (χ4n) is 1.42. The number of hydrogen-bond acceptors (Lipinski definition) is 6. The van der Waals surface area contributed by atoms with Gasteiger partial charge in [-0.25, -0.2) is 17.9 Å². The standard InChI is InChI=1S/C10H13N3O6S/c1-20(18,19)12-5-4-11-7-2-3-8(10(14)15)9(6-7)13(16)17/h2-3,6,11-12H,4-5H2,1H3,(H,14,15). The monoisotopic (exact) mass is 303 g/mol. The van der Waals surface area contributed by atoms with Gasteiger partial charge in [-0.1, -0.05) is 0 Å². The predicted octanol–water partition coefficient (Wildman–Crippen LogP) is 0.254. The van der Waals surface area contributed by atoms with E-state index in [1.807, 2.05) is 0 Å². The Bertz CT molecular complexity index is 628. The molecular formula is C10H13N3O6S. The van der Waals surface area contributed by atoms with Gasteiger partial charge >= 0.3 is 5.97 Å². The molecule has 0 saturated heterocycles. The largest absolute Gasteiger partial charge is 0.477 e. The van der Waals surface area contributed by atoms with Crippen molar-refractivity contribution in [2.75, 3.05) is 24.7 Å². The Morgan fingerprint density at radius 2 is 2.05 bits per heavy atom. The lowest BCUT2D eigenvalue weighted by molar-refractivity contribution is -0.385. The van der Waals surface area contributed by atoms with Crippen molar-refractivity contribution in [3.8, 4) is 0 Å². The number of nitro groups is 1. The highest BCUT2D eigenvalue weighted by Gasteiger charge is 2.19. The number of nitrogens with one attached hydrogen (secondary N) is 2. The number of carboxylic acids is 1. The number of aromatic carboxylic acids is 1. The van der Waals surface area contributed by atoms with Crippen molar-refractivity contribution in [3.05, 3.63) is 33.9 Å². The maximum absolute atomic E-state index is 10.8. The topological polar surface area (TPSA) is 139 Å². The summed E-state index contributed by atoms with van der Waals surface area (Å²) in [6.07, 6.45) is 1.01. The quantitative estimate of drug-likeness (QED) is 0.373. The second kappa shape index (κ2) is 6.30. The minimum Gasteiger partial charge on any atom is -0.477 e. The van der Waals surface area contributed by atoms with Crippen molar-refractivity contribution in [2.45, 2.75) is 0 Å². The van der Waals surface area contributed by atoms with Crippen LogP contribution in [0.2, 0.25) is 0 Å². The predicted molar refractivity (Wildman–Crippen MR) is 71.4 cm³/mol. The van der Waals surface area contributed by atoms with Crippen molar-refractivity contribution >= 4 is 27.4 Å². The third-order valence-corrected chi connectivity index (χ3v) is 2.97. The van der Waals surface area contributed by atoms with E-state index in [4.69, 9.17) is 5.11 Å². The first-order chi connectivity index (χ1) is 9.20. The zero-order valence-electron chi connectivity index (χ0n) is 10.5. The van der Waals surface area contributed by atoms with Crippen LogP contribution in [0.15, 0.2) is 18.2 Å². The molecule has 0 radical (unpaired) electrons. The average molecular weight is 303 g/mol. The Labute approximate surface area is 114 Å². The molecule has 1 rings (SSSR count). The fraction of sp³-hybridized carbons (Fsp3) is 0.300. The van der Waals surface area contributed by atoms with Crippen molar-refractivity contribution in [2.24, 2.45) is 0 Å². The second-order valence-electron chi connectivity index (χ2n) is 3.89. The van der Waals surface area contributed by atoms with Crippen LogP contribution in [0.5, 0.6) is 0 Å². The molecule has 0 aromatic heterocycles. The number of nitrogens with zero attached hydrogens (tertiary/aromatic N) is 1. The van der Waals surface area contributed by atoms with Crippen molar-refractivity contribution in [3.63, 3.8) is 0 Å². The van der Waals surface area contributed by atoms with E-state index < -0.39 is 32.2 Å². The minimum absolute atomic E-state index is 0.104. The lowest BCUT2D eigenvalue weighted by atomic mass is 10.1. The van der Waals surface area contributed by atoms with Gasteiger partial charge in [0.2, 0.25) is 10.0 Å². The number of carboxylic acid groups (broad SMARTS) is 1. The molecule has 0 saturated carbocycles. The van der Waals surface area contributed by atoms with Crippen molar-refractivity contribution in [1.29, 1.82) is 0 Å². The number of nitro benzene ring substituents is 1. The Morgan fingerprint density at radius 1 is 1.40 bits per heavy atom. The molecule has 0 aliphatic carbocycles. The minimum atomic E-state index is -3.29. The average Bonchev–Trinajstić information content (AvgIpc) is 2.33.